The van der Waals surface area contributed by atoms with Gasteiger partial charge in [-0.2, -0.15) is 4.31 Å². The quantitative estimate of drug-likeness (QED) is 0.501. The highest BCUT2D eigenvalue weighted by Crippen LogP contribution is 2.23. The average Bonchev–Trinajstić information content (AvgIpc) is 2.75. The highest BCUT2D eigenvalue weighted by atomic mass is 32.2. The molecule has 0 saturated heterocycles. The van der Waals surface area contributed by atoms with Crippen LogP contribution in [0.4, 0.5) is 4.39 Å². The lowest BCUT2D eigenvalue weighted by molar-refractivity contribution is 0.103. The van der Waals surface area contributed by atoms with Crippen LogP contribution in [0.2, 0.25) is 0 Å². The van der Waals surface area contributed by atoms with Crippen LogP contribution in [-0.4, -0.2) is 36.6 Å². The second-order valence-corrected chi connectivity index (χ2v) is 8.32. The number of nitrogens with zero attached hydrogens (tertiary/aromatic N) is 2. The number of hydrogen-bond donors (Lipinski definition) is 0. The van der Waals surface area contributed by atoms with Crippen molar-refractivity contribution in [3.8, 4) is 11.6 Å². The molecule has 0 amide bonds. The van der Waals surface area contributed by atoms with E-state index in [1.807, 2.05) is 0 Å². The third-order valence-electron chi connectivity index (χ3n) is 4.50. The van der Waals surface area contributed by atoms with Gasteiger partial charge in [-0.1, -0.05) is 13.8 Å². The minimum atomic E-state index is -3.58. The minimum Gasteiger partial charge on any atom is -0.439 e. The van der Waals surface area contributed by atoms with Gasteiger partial charge in [-0.05, 0) is 54.6 Å². The first kappa shape index (κ1) is 21.6. The summed E-state index contributed by atoms with van der Waals surface area (Å²) in [6, 6.07) is 14.7. The van der Waals surface area contributed by atoms with Gasteiger partial charge in [0.25, 0.3) is 0 Å². The van der Waals surface area contributed by atoms with Gasteiger partial charge >= 0.3 is 0 Å². The van der Waals surface area contributed by atoms with E-state index in [2.05, 4.69) is 4.98 Å². The Morgan fingerprint density at radius 1 is 0.933 bits per heavy atom. The zero-order valence-corrected chi connectivity index (χ0v) is 17.4. The average molecular weight is 428 g/mol. The lowest BCUT2D eigenvalue weighted by Gasteiger charge is -2.18. The van der Waals surface area contributed by atoms with Crippen molar-refractivity contribution in [3.05, 3.63) is 83.8 Å². The summed E-state index contributed by atoms with van der Waals surface area (Å²) in [6.07, 6.45) is 1.26. The minimum absolute atomic E-state index is 0.0961. The van der Waals surface area contributed by atoms with E-state index in [0.717, 1.165) is 0 Å². The van der Waals surface area contributed by atoms with Crippen molar-refractivity contribution >= 4 is 15.8 Å². The number of rotatable bonds is 8. The monoisotopic (exact) mass is 428 g/mol. The highest BCUT2D eigenvalue weighted by molar-refractivity contribution is 7.89. The third kappa shape index (κ3) is 4.72. The molecule has 0 radical (unpaired) electrons. The summed E-state index contributed by atoms with van der Waals surface area (Å²) < 4.78 is 45.0. The summed E-state index contributed by atoms with van der Waals surface area (Å²) in [5.41, 5.74) is 0.819. The van der Waals surface area contributed by atoms with Gasteiger partial charge in [-0.25, -0.2) is 17.8 Å². The molecule has 0 saturated carbocycles. The highest BCUT2D eigenvalue weighted by Gasteiger charge is 2.22. The van der Waals surface area contributed by atoms with Gasteiger partial charge in [-0.15, -0.1) is 0 Å². The Labute approximate surface area is 175 Å². The Balaban J connectivity index is 1.71. The molecule has 3 aromatic rings. The molecule has 1 aromatic heterocycles. The second-order valence-electron chi connectivity index (χ2n) is 6.38. The molecular formula is C22H21FN2O4S. The normalized spacial score (nSPS) is 11.5. The van der Waals surface area contributed by atoms with Gasteiger partial charge in [0.1, 0.15) is 16.5 Å². The van der Waals surface area contributed by atoms with Crippen LogP contribution >= 0.6 is 0 Å². The van der Waals surface area contributed by atoms with Crippen LogP contribution < -0.4 is 4.74 Å². The molecule has 3 rings (SSSR count). The molecule has 0 atom stereocenters. The summed E-state index contributed by atoms with van der Waals surface area (Å²) in [5.74, 6) is 0.0352. The van der Waals surface area contributed by atoms with E-state index < -0.39 is 15.8 Å². The van der Waals surface area contributed by atoms with Crippen molar-refractivity contribution < 1.29 is 22.3 Å². The second kappa shape index (κ2) is 9.15. The van der Waals surface area contributed by atoms with E-state index >= 15 is 0 Å². The van der Waals surface area contributed by atoms with E-state index in [0.29, 0.717) is 30.0 Å². The largest absolute Gasteiger partial charge is 0.439 e. The summed E-state index contributed by atoms with van der Waals surface area (Å²) >= 11 is 0. The maximum Gasteiger partial charge on any atom is 0.244 e. The first-order valence-electron chi connectivity index (χ1n) is 9.39. The number of halogens is 1. The molecule has 156 valence electrons. The van der Waals surface area contributed by atoms with Gasteiger partial charge in [0.15, 0.2) is 5.78 Å². The van der Waals surface area contributed by atoms with Crippen LogP contribution in [0.25, 0.3) is 0 Å². The molecule has 30 heavy (non-hydrogen) atoms. The smallest absolute Gasteiger partial charge is 0.244 e. The Morgan fingerprint density at radius 3 is 2.00 bits per heavy atom. The van der Waals surface area contributed by atoms with Crippen molar-refractivity contribution in [2.45, 2.75) is 18.7 Å². The molecule has 1 heterocycles. The molecule has 0 aliphatic carbocycles. The summed E-state index contributed by atoms with van der Waals surface area (Å²) in [4.78, 5) is 16.6. The Hall–Kier alpha value is -3.10. The van der Waals surface area contributed by atoms with Crippen molar-refractivity contribution in [2.24, 2.45) is 0 Å². The Bertz CT molecular complexity index is 1110. The van der Waals surface area contributed by atoms with Crippen LogP contribution in [0.1, 0.15) is 29.8 Å². The summed E-state index contributed by atoms with van der Waals surface area (Å²) in [5, 5.41) is 0. The van der Waals surface area contributed by atoms with Crippen molar-refractivity contribution in [2.75, 3.05) is 13.1 Å². The van der Waals surface area contributed by atoms with Gasteiger partial charge < -0.3 is 4.74 Å². The van der Waals surface area contributed by atoms with E-state index in [1.54, 1.807) is 38.1 Å². The topological polar surface area (TPSA) is 76.6 Å². The van der Waals surface area contributed by atoms with Crippen LogP contribution in [0.3, 0.4) is 0 Å². The zero-order valence-electron chi connectivity index (χ0n) is 16.6. The molecule has 8 heteroatoms. The van der Waals surface area contributed by atoms with Gasteiger partial charge in [0, 0.05) is 30.3 Å². The van der Waals surface area contributed by atoms with Crippen LogP contribution in [0.15, 0.2) is 71.8 Å². The number of hydrogen-bond acceptors (Lipinski definition) is 5. The first-order chi connectivity index (χ1) is 14.3. The fourth-order valence-electron chi connectivity index (χ4n) is 2.86. The summed E-state index contributed by atoms with van der Waals surface area (Å²) in [6.45, 7) is 4.30. The van der Waals surface area contributed by atoms with Crippen LogP contribution in [-0.2, 0) is 10.0 Å². The lowest BCUT2D eigenvalue weighted by atomic mass is 10.0. The molecule has 2 aromatic carbocycles. The number of aromatic nitrogens is 1. The van der Waals surface area contributed by atoms with Crippen molar-refractivity contribution in [1.29, 1.82) is 0 Å². The zero-order chi connectivity index (χ0) is 21.7. The maximum atomic E-state index is 13.0. The number of sulfonamides is 1. The van der Waals surface area contributed by atoms with Crippen molar-refractivity contribution in [3.63, 3.8) is 0 Å². The molecular weight excluding hydrogens is 407 g/mol. The van der Waals surface area contributed by atoms with E-state index in [1.165, 1.54) is 46.9 Å². The maximum absolute atomic E-state index is 13.0. The molecule has 0 fully saturated rings. The number of ether oxygens (including phenoxy) is 1. The van der Waals surface area contributed by atoms with E-state index in [-0.39, 0.29) is 16.6 Å². The third-order valence-corrected chi connectivity index (χ3v) is 6.53. The molecule has 0 aliphatic heterocycles. The van der Waals surface area contributed by atoms with Crippen LogP contribution in [0.5, 0.6) is 11.6 Å². The Kier molecular flexibility index (Phi) is 6.59. The number of carbonyl (C=O) groups excluding carboxylic acids is 1. The molecule has 6 nitrogen and oxygen atoms in total. The summed E-state index contributed by atoms with van der Waals surface area (Å²) in [7, 11) is -3.58. The molecule has 0 unspecified atom stereocenters. The predicted octanol–water partition coefficient (Wildman–Crippen LogP) is 4.27. The van der Waals surface area contributed by atoms with E-state index in [9.17, 15) is 17.6 Å². The number of carbonyl (C=O) groups is 1. The molecule has 0 aliphatic rings. The molecule has 0 spiro atoms. The van der Waals surface area contributed by atoms with Gasteiger partial charge in [0.2, 0.25) is 15.9 Å². The fourth-order valence-corrected chi connectivity index (χ4v) is 4.26. The molecule has 0 bridgehead atoms. The first-order valence-corrected chi connectivity index (χ1v) is 10.8. The Morgan fingerprint density at radius 2 is 1.50 bits per heavy atom. The van der Waals surface area contributed by atoms with E-state index in [4.69, 9.17) is 4.74 Å². The van der Waals surface area contributed by atoms with Gasteiger partial charge in [-0.3, -0.25) is 4.79 Å². The van der Waals surface area contributed by atoms with Gasteiger partial charge in [0.05, 0.1) is 6.20 Å². The lowest BCUT2D eigenvalue weighted by Crippen LogP contribution is -2.30. The SMILES string of the molecule is CCN(CC)S(=O)(=O)c1ccc(Oc2ccc(C(=O)c3ccc(F)cc3)cc2)nc1. The number of ketones is 1. The number of pyridine rings is 1. The standard InChI is InChI=1S/C22H21FN2O4S/c1-3-25(4-2)30(27,28)20-13-14-21(24-15-20)29-19-11-7-17(8-12-19)22(26)16-5-9-18(23)10-6-16/h5-15H,3-4H2,1-2H3. The molecule has 0 N–H and O–H groups in total. The van der Waals surface area contributed by atoms with Crippen molar-refractivity contribution in [1.82, 2.24) is 9.29 Å². The van der Waals surface area contributed by atoms with Crippen LogP contribution in [0, 0.1) is 5.82 Å². The number of benzene rings is 2. The predicted molar refractivity (Wildman–Crippen MR) is 111 cm³/mol. The fraction of sp³-hybridized carbons (Fsp3) is 0.182.